The van der Waals surface area contributed by atoms with Gasteiger partial charge in [-0.3, -0.25) is 4.79 Å². The van der Waals surface area contributed by atoms with Crippen LogP contribution in [0.25, 0.3) is 0 Å². The Morgan fingerprint density at radius 3 is 2.44 bits per heavy atom. The standard InChI is InChI=1S/C19H27FN2O4S/c1-27(24,25)22-11-8-16(9-12-22)19(23)21-10-2-3-15(13-21)14-26-18-6-4-17(20)5-7-18/h4-7,15-16H,2-3,8-14H2,1H3. The van der Waals surface area contributed by atoms with E-state index < -0.39 is 10.0 Å². The minimum atomic E-state index is -3.18. The Kier molecular flexibility index (Phi) is 6.37. The van der Waals surface area contributed by atoms with Gasteiger partial charge in [-0.05, 0) is 49.9 Å². The van der Waals surface area contributed by atoms with E-state index in [9.17, 15) is 17.6 Å². The van der Waals surface area contributed by atoms with Crippen molar-refractivity contribution in [2.45, 2.75) is 25.7 Å². The highest BCUT2D eigenvalue weighted by atomic mass is 32.2. The summed E-state index contributed by atoms with van der Waals surface area (Å²) >= 11 is 0. The smallest absolute Gasteiger partial charge is 0.225 e. The van der Waals surface area contributed by atoms with E-state index in [1.165, 1.54) is 22.7 Å². The van der Waals surface area contributed by atoms with Gasteiger partial charge in [0.2, 0.25) is 15.9 Å². The number of likely N-dealkylation sites (tertiary alicyclic amines) is 1. The summed E-state index contributed by atoms with van der Waals surface area (Å²) in [5.41, 5.74) is 0. The lowest BCUT2D eigenvalue weighted by molar-refractivity contribution is -0.138. The Hall–Kier alpha value is -1.67. The van der Waals surface area contributed by atoms with Gasteiger partial charge in [0, 0.05) is 38.0 Å². The number of hydrogen-bond acceptors (Lipinski definition) is 4. The van der Waals surface area contributed by atoms with Crippen molar-refractivity contribution in [2.24, 2.45) is 11.8 Å². The van der Waals surface area contributed by atoms with E-state index in [4.69, 9.17) is 4.74 Å². The van der Waals surface area contributed by atoms with Gasteiger partial charge in [-0.2, -0.15) is 0 Å². The number of piperidine rings is 2. The van der Waals surface area contributed by atoms with Crippen molar-refractivity contribution in [3.8, 4) is 5.75 Å². The van der Waals surface area contributed by atoms with Crippen LogP contribution in [0.3, 0.4) is 0 Å². The van der Waals surface area contributed by atoms with Gasteiger partial charge < -0.3 is 9.64 Å². The summed E-state index contributed by atoms with van der Waals surface area (Å²) in [6, 6.07) is 5.96. The van der Waals surface area contributed by atoms with E-state index in [1.807, 2.05) is 4.90 Å². The van der Waals surface area contributed by atoms with Crippen molar-refractivity contribution < 1.29 is 22.3 Å². The number of benzene rings is 1. The summed E-state index contributed by atoms with van der Waals surface area (Å²) in [4.78, 5) is 14.7. The molecule has 0 radical (unpaired) electrons. The lowest BCUT2D eigenvalue weighted by Crippen LogP contribution is -2.47. The summed E-state index contributed by atoms with van der Waals surface area (Å²) in [6.07, 6.45) is 4.31. The number of carbonyl (C=O) groups excluding carboxylic acids is 1. The number of nitrogens with zero attached hydrogens (tertiary/aromatic N) is 2. The molecule has 0 N–H and O–H groups in total. The molecule has 2 aliphatic heterocycles. The second kappa shape index (κ2) is 8.56. The molecule has 1 amide bonds. The minimum absolute atomic E-state index is 0.0974. The molecule has 3 rings (SSSR count). The highest BCUT2D eigenvalue weighted by Gasteiger charge is 2.33. The summed E-state index contributed by atoms with van der Waals surface area (Å²) in [6.45, 7) is 2.74. The summed E-state index contributed by atoms with van der Waals surface area (Å²) in [5.74, 6) is 0.630. The van der Waals surface area contributed by atoms with Gasteiger partial charge in [0.25, 0.3) is 0 Å². The first kappa shape index (κ1) is 20.1. The summed E-state index contributed by atoms with van der Waals surface area (Å²) in [7, 11) is -3.18. The average molecular weight is 399 g/mol. The molecule has 8 heteroatoms. The predicted molar refractivity (Wildman–Crippen MR) is 100 cm³/mol. The van der Waals surface area contributed by atoms with Gasteiger partial charge in [-0.25, -0.2) is 17.1 Å². The maximum absolute atomic E-state index is 13.0. The third-order valence-electron chi connectivity index (χ3n) is 5.40. The first-order valence-electron chi connectivity index (χ1n) is 9.45. The minimum Gasteiger partial charge on any atom is -0.493 e. The molecule has 1 aromatic carbocycles. The summed E-state index contributed by atoms with van der Waals surface area (Å²) in [5, 5.41) is 0. The number of halogens is 1. The maximum atomic E-state index is 13.0. The first-order chi connectivity index (χ1) is 12.8. The predicted octanol–water partition coefficient (Wildman–Crippen LogP) is 2.11. The van der Waals surface area contributed by atoms with E-state index >= 15 is 0 Å². The first-order valence-corrected chi connectivity index (χ1v) is 11.3. The highest BCUT2D eigenvalue weighted by Crippen LogP contribution is 2.25. The van der Waals surface area contributed by atoms with Crippen molar-refractivity contribution in [2.75, 3.05) is 39.0 Å². The van der Waals surface area contributed by atoms with Crippen LogP contribution in [0.5, 0.6) is 5.75 Å². The Balaban J connectivity index is 1.49. The molecule has 0 saturated carbocycles. The molecule has 27 heavy (non-hydrogen) atoms. The zero-order valence-electron chi connectivity index (χ0n) is 15.6. The largest absolute Gasteiger partial charge is 0.493 e. The van der Waals surface area contributed by atoms with Crippen LogP contribution in [0.2, 0.25) is 0 Å². The lowest BCUT2D eigenvalue weighted by atomic mass is 9.93. The van der Waals surface area contributed by atoms with Gasteiger partial charge in [-0.15, -0.1) is 0 Å². The van der Waals surface area contributed by atoms with Gasteiger partial charge in [-0.1, -0.05) is 0 Å². The van der Waals surface area contributed by atoms with Crippen molar-refractivity contribution in [3.63, 3.8) is 0 Å². The number of rotatable bonds is 5. The zero-order valence-corrected chi connectivity index (χ0v) is 16.5. The quantitative estimate of drug-likeness (QED) is 0.762. The van der Waals surface area contributed by atoms with Gasteiger partial charge in [0.1, 0.15) is 11.6 Å². The van der Waals surface area contributed by atoms with E-state index in [2.05, 4.69) is 0 Å². The van der Waals surface area contributed by atoms with E-state index in [-0.39, 0.29) is 23.6 Å². The van der Waals surface area contributed by atoms with Gasteiger partial charge in [0.15, 0.2) is 0 Å². The van der Waals surface area contributed by atoms with Crippen molar-refractivity contribution >= 4 is 15.9 Å². The second-order valence-corrected chi connectivity index (χ2v) is 9.48. The van der Waals surface area contributed by atoms with Crippen LogP contribution in [0.1, 0.15) is 25.7 Å². The molecule has 150 valence electrons. The number of carbonyl (C=O) groups is 1. The Morgan fingerprint density at radius 1 is 1.15 bits per heavy atom. The summed E-state index contributed by atoms with van der Waals surface area (Å²) < 4.78 is 43.4. The number of hydrogen-bond donors (Lipinski definition) is 0. The third kappa shape index (κ3) is 5.42. The van der Waals surface area contributed by atoms with Gasteiger partial charge >= 0.3 is 0 Å². The Labute approximate surface area is 160 Å². The number of amides is 1. The molecule has 1 atom stereocenters. The molecule has 0 aromatic heterocycles. The third-order valence-corrected chi connectivity index (χ3v) is 6.71. The maximum Gasteiger partial charge on any atom is 0.225 e. The highest BCUT2D eigenvalue weighted by molar-refractivity contribution is 7.88. The Bertz CT molecular complexity index is 745. The monoisotopic (exact) mass is 398 g/mol. The fourth-order valence-corrected chi connectivity index (χ4v) is 4.71. The molecular weight excluding hydrogens is 371 g/mol. The molecular formula is C19H27FN2O4S. The molecule has 1 unspecified atom stereocenters. The lowest BCUT2D eigenvalue weighted by Gasteiger charge is -2.37. The molecule has 0 spiro atoms. The topological polar surface area (TPSA) is 66.9 Å². The molecule has 2 heterocycles. The fraction of sp³-hybridized carbons (Fsp3) is 0.632. The van der Waals surface area contributed by atoms with Crippen molar-refractivity contribution in [3.05, 3.63) is 30.1 Å². The van der Waals surface area contributed by atoms with Crippen LogP contribution in [-0.2, 0) is 14.8 Å². The number of sulfonamides is 1. The van der Waals surface area contributed by atoms with Crippen molar-refractivity contribution in [1.29, 1.82) is 0 Å². The molecule has 2 aliphatic rings. The van der Waals surface area contributed by atoms with Crippen LogP contribution in [0.4, 0.5) is 4.39 Å². The van der Waals surface area contributed by atoms with Crippen LogP contribution in [-0.4, -0.2) is 62.6 Å². The van der Waals surface area contributed by atoms with E-state index in [0.717, 1.165) is 19.4 Å². The van der Waals surface area contributed by atoms with Crippen LogP contribution < -0.4 is 4.74 Å². The SMILES string of the molecule is CS(=O)(=O)N1CCC(C(=O)N2CCCC(COc3ccc(F)cc3)C2)CC1. The average Bonchev–Trinajstić information content (AvgIpc) is 2.67. The molecule has 0 aliphatic carbocycles. The van der Waals surface area contributed by atoms with Crippen LogP contribution >= 0.6 is 0 Å². The van der Waals surface area contributed by atoms with E-state index in [1.54, 1.807) is 12.1 Å². The van der Waals surface area contributed by atoms with Crippen LogP contribution in [0, 0.1) is 17.7 Å². The zero-order chi connectivity index (χ0) is 19.4. The molecule has 6 nitrogen and oxygen atoms in total. The normalized spacial score (nSPS) is 22.6. The van der Waals surface area contributed by atoms with E-state index in [0.29, 0.717) is 44.8 Å². The van der Waals surface area contributed by atoms with Crippen LogP contribution in [0.15, 0.2) is 24.3 Å². The fourth-order valence-electron chi connectivity index (χ4n) is 3.84. The Morgan fingerprint density at radius 2 is 1.81 bits per heavy atom. The molecule has 1 aromatic rings. The molecule has 0 bridgehead atoms. The molecule has 2 fully saturated rings. The second-order valence-electron chi connectivity index (χ2n) is 7.49. The molecule has 2 saturated heterocycles. The number of ether oxygens (including phenoxy) is 1. The van der Waals surface area contributed by atoms with Crippen molar-refractivity contribution in [1.82, 2.24) is 9.21 Å². The van der Waals surface area contributed by atoms with Gasteiger partial charge in [0.05, 0.1) is 12.9 Å².